The largest absolute Gasteiger partial charge is 0.479 e. The van der Waals surface area contributed by atoms with E-state index in [-0.39, 0.29) is 6.04 Å². The number of rotatable bonds is 4. The molecule has 0 aliphatic heterocycles. The Balaban J connectivity index is 1.49. The number of nitrogens with zero attached hydrogens (tertiary/aromatic N) is 4. The topological polar surface area (TPSA) is 100 Å². The molecule has 0 radical (unpaired) electrons. The van der Waals surface area contributed by atoms with Crippen LogP contribution in [0.4, 0.5) is 5.95 Å². The van der Waals surface area contributed by atoms with Crippen LogP contribution in [0.1, 0.15) is 32.6 Å². The van der Waals surface area contributed by atoms with Gasteiger partial charge in [-0.2, -0.15) is 4.98 Å². The second-order valence-corrected chi connectivity index (χ2v) is 8.03. The predicted molar refractivity (Wildman–Crippen MR) is 111 cm³/mol. The molecule has 1 fully saturated rings. The highest BCUT2D eigenvalue weighted by molar-refractivity contribution is 5.90. The third-order valence-electron chi connectivity index (χ3n) is 5.78. The molecule has 5 rings (SSSR count). The number of nitrogens with one attached hydrogen (secondary N) is 2. The number of aromatic nitrogens is 5. The van der Waals surface area contributed by atoms with Crippen molar-refractivity contribution < 1.29 is 9.84 Å². The van der Waals surface area contributed by atoms with Gasteiger partial charge in [0, 0.05) is 35.1 Å². The number of pyridine rings is 1. The molecule has 1 aliphatic rings. The fourth-order valence-corrected chi connectivity index (χ4v) is 4.10. The molecule has 0 unspecified atom stereocenters. The maximum absolute atomic E-state index is 10.2. The molecule has 150 valence electrons. The van der Waals surface area contributed by atoms with Gasteiger partial charge in [0.05, 0.1) is 24.4 Å². The fraction of sp³-hybridized carbons (Fsp3) is 0.381. The molecule has 0 amide bonds. The van der Waals surface area contributed by atoms with Crippen molar-refractivity contribution >= 4 is 22.4 Å². The van der Waals surface area contributed by atoms with Crippen LogP contribution in [0, 0.1) is 0 Å². The Morgan fingerprint density at radius 1 is 1.31 bits per heavy atom. The van der Waals surface area contributed by atoms with E-state index in [0.717, 1.165) is 53.4 Å². The van der Waals surface area contributed by atoms with Crippen LogP contribution in [0.5, 0.6) is 5.88 Å². The Bertz CT molecular complexity index is 1140. The van der Waals surface area contributed by atoms with E-state index in [1.807, 2.05) is 31.5 Å². The first kappa shape index (κ1) is 17.9. The molecule has 8 heteroatoms. The highest BCUT2D eigenvalue weighted by Crippen LogP contribution is 2.33. The molecule has 4 heterocycles. The second-order valence-electron chi connectivity index (χ2n) is 8.03. The summed E-state index contributed by atoms with van der Waals surface area (Å²) < 4.78 is 7.40. The van der Waals surface area contributed by atoms with Gasteiger partial charge in [0.15, 0.2) is 0 Å². The minimum atomic E-state index is -0.564. The molecule has 0 bridgehead atoms. The summed E-state index contributed by atoms with van der Waals surface area (Å²) in [6, 6.07) is 6.32. The summed E-state index contributed by atoms with van der Waals surface area (Å²) in [6.07, 6.45) is 8.82. The van der Waals surface area contributed by atoms with Crippen LogP contribution in [-0.4, -0.2) is 48.4 Å². The lowest BCUT2D eigenvalue weighted by atomic mass is 9.84. The first-order valence-electron chi connectivity index (χ1n) is 9.88. The molecule has 3 N–H and O–H groups in total. The minimum Gasteiger partial charge on any atom is -0.479 e. The van der Waals surface area contributed by atoms with Crippen LogP contribution in [0.3, 0.4) is 0 Å². The van der Waals surface area contributed by atoms with E-state index in [1.54, 1.807) is 17.8 Å². The normalized spacial score (nSPS) is 22.2. The van der Waals surface area contributed by atoms with Gasteiger partial charge < -0.3 is 20.1 Å². The van der Waals surface area contributed by atoms with E-state index >= 15 is 0 Å². The van der Waals surface area contributed by atoms with E-state index in [9.17, 15) is 5.11 Å². The van der Waals surface area contributed by atoms with Crippen molar-refractivity contribution in [3.05, 3.63) is 36.8 Å². The zero-order valence-electron chi connectivity index (χ0n) is 16.5. The van der Waals surface area contributed by atoms with E-state index in [4.69, 9.17) is 4.74 Å². The lowest BCUT2D eigenvalue weighted by Gasteiger charge is -2.33. The van der Waals surface area contributed by atoms with Gasteiger partial charge in [0.1, 0.15) is 5.52 Å². The zero-order chi connectivity index (χ0) is 20.0. The van der Waals surface area contributed by atoms with Crippen LogP contribution >= 0.6 is 0 Å². The number of H-pyrrole nitrogens is 1. The third kappa shape index (κ3) is 3.29. The summed E-state index contributed by atoms with van der Waals surface area (Å²) in [6.45, 7) is 1.90. The van der Waals surface area contributed by atoms with Gasteiger partial charge in [-0.15, -0.1) is 5.10 Å². The lowest BCUT2D eigenvalue weighted by molar-refractivity contribution is 0.0195. The zero-order valence-corrected chi connectivity index (χ0v) is 16.5. The summed E-state index contributed by atoms with van der Waals surface area (Å²) in [4.78, 5) is 12.2. The van der Waals surface area contributed by atoms with E-state index in [1.165, 1.54) is 0 Å². The quantitative estimate of drug-likeness (QED) is 0.492. The van der Waals surface area contributed by atoms with Crippen LogP contribution in [-0.2, 0) is 0 Å². The summed E-state index contributed by atoms with van der Waals surface area (Å²) in [5, 5.41) is 19.3. The van der Waals surface area contributed by atoms with E-state index in [2.05, 4.69) is 31.4 Å². The van der Waals surface area contributed by atoms with E-state index in [0.29, 0.717) is 11.8 Å². The highest BCUT2D eigenvalue weighted by Gasteiger charge is 2.29. The fourth-order valence-electron chi connectivity index (χ4n) is 4.10. The standard InChI is InChI=1S/C21H24N6O2/c1-21(28)7-3-14(4-8-21)23-20-25-19(29-2)18-15(6-10-27(18)26-20)16-11-13-5-9-22-12-17(13)24-16/h5-6,9-12,14,24,28H,3-4,7-8H2,1-2H3,(H,23,26). The van der Waals surface area contributed by atoms with Crippen molar-refractivity contribution in [3.63, 3.8) is 0 Å². The molecule has 0 atom stereocenters. The van der Waals surface area contributed by atoms with Gasteiger partial charge in [0.2, 0.25) is 11.8 Å². The summed E-state index contributed by atoms with van der Waals surface area (Å²) in [7, 11) is 1.62. The summed E-state index contributed by atoms with van der Waals surface area (Å²) in [5.74, 6) is 1.05. The molecular formula is C21H24N6O2. The highest BCUT2D eigenvalue weighted by atomic mass is 16.5. The number of fused-ring (bicyclic) bond motifs is 2. The molecule has 8 nitrogen and oxygen atoms in total. The summed E-state index contributed by atoms with van der Waals surface area (Å²) >= 11 is 0. The molecular weight excluding hydrogens is 368 g/mol. The SMILES string of the molecule is COc1nc(NC2CCC(C)(O)CC2)nn2ccc(-c3cc4ccncc4[nH]3)c12. The molecule has 4 aromatic rings. The van der Waals surface area contributed by atoms with Crippen LogP contribution in [0.2, 0.25) is 0 Å². The minimum absolute atomic E-state index is 0.244. The molecule has 1 aliphatic carbocycles. The number of anilines is 1. The first-order chi connectivity index (χ1) is 14.0. The molecule has 1 saturated carbocycles. The molecule has 4 aromatic heterocycles. The van der Waals surface area contributed by atoms with Crippen molar-refractivity contribution in [2.24, 2.45) is 0 Å². The molecule has 29 heavy (non-hydrogen) atoms. The summed E-state index contributed by atoms with van der Waals surface area (Å²) in [5.41, 5.74) is 3.16. The first-order valence-corrected chi connectivity index (χ1v) is 9.88. The Morgan fingerprint density at radius 3 is 2.90 bits per heavy atom. The maximum atomic E-state index is 10.2. The third-order valence-corrected chi connectivity index (χ3v) is 5.78. The average Bonchev–Trinajstić information content (AvgIpc) is 3.32. The van der Waals surface area contributed by atoms with Gasteiger partial charge in [-0.3, -0.25) is 4.98 Å². The molecule has 0 saturated heterocycles. The number of hydrogen-bond donors (Lipinski definition) is 3. The van der Waals surface area contributed by atoms with Gasteiger partial charge in [-0.05, 0) is 50.8 Å². The Hall–Kier alpha value is -3.13. The second kappa shape index (κ2) is 6.73. The Labute approximate surface area is 167 Å². The van der Waals surface area contributed by atoms with Crippen molar-refractivity contribution in [2.45, 2.75) is 44.2 Å². The maximum Gasteiger partial charge on any atom is 0.244 e. The number of ether oxygens (including phenoxy) is 1. The van der Waals surface area contributed by atoms with Gasteiger partial charge in [-0.1, -0.05) is 0 Å². The smallest absolute Gasteiger partial charge is 0.244 e. The average molecular weight is 392 g/mol. The van der Waals surface area contributed by atoms with Crippen LogP contribution in [0.25, 0.3) is 27.7 Å². The van der Waals surface area contributed by atoms with Crippen molar-refractivity contribution in [3.8, 4) is 17.1 Å². The van der Waals surface area contributed by atoms with Crippen LogP contribution in [0.15, 0.2) is 36.8 Å². The van der Waals surface area contributed by atoms with Gasteiger partial charge >= 0.3 is 0 Å². The molecule has 0 spiro atoms. The van der Waals surface area contributed by atoms with Crippen molar-refractivity contribution in [2.75, 3.05) is 12.4 Å². The Kier molecular flexibility index (Phi) is 4.16. The van der Waals surface area contributed by atoms with Crippen molar-refractivity contribution in [1.29, 1.82) is 0 Å². The van der Waals surface area contributed by atoms with Crippen LogP contribution < -0.4 is 10.1 Å². The van der Waals surface area contributed by atoms with Gasteiger partial charge in [-0.25, -0.2) is 4.52 Å². The lowest BCUT2D eigenvalue weighted by Crippen LogP contribution is -2.36. The number of methoxy groups -OCH3 is 1. The van der Waals surface area contributed by atoms with E-state index < -0.39 is 5.60 Å². The molecule has 0 aromatic carbocycles. The number of aliphatic hydroxyl groups is 1. The number of aromatic amines is 1. The Morgan fingerprint density at radius 2 is 2.14 bits per heavy atom. The predicted octanol–water partition coefficient (Wildman–Crippen LogP) is 3.39. The van der Waals surface area contributed by atoms with Gasteiger partial charge in [0.25, 0.3) is 0 Å². The van der Waals surface area contributed by atoms with Crippen molar-refractivity contribution in [1.82, 2.24) is 24.6 Å². The number of hydrogen-bond acceptors (Lipinski definition) is 6. The monoisotopic (exact) mass is 392 g/mol.